The lowest BCUT2D eigenvalue weighted by molar-refractivity contribution is 0.457. The van der Waals surface area contributed by atoms with Crippen LogP contribution in [0, 0.1) is 6.92 Å². The van der Waals surface area contributed by atoms with E-state index in [2.05, 4.69) is 9.97 Å². The Morgan fingerprint density at radius 1 is 1.67 bits per heavy atom. The normalized spacial score (nSPS) is 10.8. The van der Waals surface area contributed by atoms with Gasteiger partial charge in [-0.05, 0) is 6.92 Å². The third-order valence-electron chi connectivity index (χ3n) is 1.58. The van der Waals surface area contributed by atoms with Gasteiger partial charge in [0.15, 0.2) is 0 Å². The molecule has 0 atom stereocenters. The number of rotatable bonds is 0. The van der Waals surface area contributed by atoms with Crippen molar-refractivity contribution >= 4 is 5.78 Å². The fraction of sp³-hybridized carbons (Fsp3) is 0.143. The Bertz CT molecular complexity index is 483. The van der Waals surface area contributed by atoms with E-state index >= 15 is 0 Å². The van der Waals surface area contributed by atoms with Gasteiger partial charge in [-0.25, -0.2) is 4.40 Å². The first-order chi connectivity index (χ1) is 5.66. The van der Waals surface area contributed by atoms with Gasteiger partial charge < -0.3 is 10.1 Å². The summed E-state index contributed by atoms with van der Waals surface area (Å²) >= 11 is 0. The number of hydrogen-bond donors (Lipinski definition) is 2. The van der Waals surface area contributed by atoms with E-state index in [9.17, 15) is 4.79 Å². The van der Waals surface area contributed by atoms with Crippen LogP contribution in [0.15, 0.2) is 17.1 Å². The number of aromatic nitrogens is 3. The highest BCUT2D eigenvalue weighted by molar-refractivity contribution is 5.33. The topological polar surface area (TPSA) is 70.4 Å². The third kappa shape index (κ3) is 0.868. The highest BCUT2D eigenvalue weighted by atomic mass is 16.3. The molecular weight excluding hydrogens is 158 g/mol. The van der Waals surface area contributed by atoms with E-state index in [0.29, 0.717) is 5.78 Å². The molecule has 0 radical (unpaired) electrons. The van der Waals surface area contributed by atoms with Gasteiger partial charge in [0, 0.05) is 11.8 Å². The van der Waals surface area contributed by atoms with Crippen molar-refractivity contribution in [1.82, 2.24) is 14.4 Å². The van der Waals surface area contributed by atoms with Crippen LogP contribution >= 0.6 is 0 Å². The van der Waals surface area contributed by atoms with Crippen LogP contribution in [0.3, 0.4) is 0 Å². The largest absolute Gasteiger partial charge is 0.492 e. The predicted molar refractivity (Wildman–Crippen MR) is 42.2 cm³/mol. The molecule has 0 amide bonds. The maximum absolute atomic E-state index is 11.2. The van der Waals surface area contributed by atoms with E-state index in [0.717, 1.165) is 5.69 Å². The minimum atomic E-state index is -0.200. The maximum Gasteiger partial charge on any atom is 0.259 e. The maximum atomic E-state index is 11.2. The lowest BCUT2D eigenvalue weighted by atomic mass is 10.4. The molecule has 0 unspecified atom stereocenters. The quantitative estimate of drug-likeness (QED) is 0.578. The molecule has 2 aromatic heterocycles. The Balaban J connectivity index is 2.98. The molecule has 5 heteroatoms. The van der Waals surface area contributed by atoms with Crippen LogP contribution in [-0.2, 0) is 0 Å². The second kappa shape index (κ2) is 2.10. The second-order valence-electron chi connectivity index (χ2n) is 2.58. The van der Waals surface area contributed by atoms with Crippen molar-refractivity contribution in [3.8, 4) is 5.88 Å². The minimum absolute atomic E-state index is 0.158. The summed E-state index contributed by atoms with van der Waals surface area (Å²) in [5, 5.41) is 8.98. The standard InChI is InChI=1S/C7H7N3O2/c1-4-2-6(12)10-3-5(11)9-7(10)8-4/h2-3,11H,1H3,(H,8,9). The Kier molecular flexibility index (Phi) is 1.21. The molecule has 12 heavy (non-hydrogen) atoms. The Morgan fingerprint density at radius 3 is 3.17 bits per heavy atom. The van der Waals surface area contributed by atoms with E-state index in [4.69, 9.17) is 5.11 Å². The first-order valence-corrected chi connectivity index (χ1v) is 3.45. The van der Waals surface area contributed by atoms with Crippen molar-refractivity contribution in [3.63, 3.8) is 0 Å². The second-order valence-corrected chi connectivity index (χ2v) is 2.58. The van der Waals surface area contributed by atoms with Crippen molar-refractivity contribution in [3.05, 3.63) is 28.3 Å². The van der Waals surface area contributed by atoms with Gasteiger partial charge in [-0.1, -0.05) is 0 Å². The SMILES string of the molecule is Cc1cc(=O)n2cc(O)nc2[nH]1. The zero-order chi connectivity index (χ0) is 8.72. The molecule has 5 nitrogen and oxygen atoms in total. The summed E-state index contributed by atoms with van der Waals surface area (Å²) < 4.78 is 1.25. The van der Waals surface area contributed by atoms with Gasteiger partial charge in [0.2, 0.25) is 11.7 Å². The average molecular weight is 165 g/mol. The van der Waals surface area contributed by atoms with E-state index in [-0.39, 0.29) is 11.4 Å². The van der Waals surface area contributed by atoms with Gasteiger partial charge in [0.05, 0.1) is 6.20 Å². The van der Waals surface area contributed by atoms with E-state index in [1.165, 1.54) is 16.7 Å². The average Bonchev–Trinajstić information content (AvgIpc) is 2.29. The molecule has 0 fully saturated rings. The van der Waals surface area contributed by atoms with E-state index in [1.807, 2.05) is 0 Å². The highest BCUT2D eigenvalue weighted by Crippen LogP contribution is 2.04. The van der Waals surface area contributed by atoms with Gasteiger partial charge in [0.25, 0.3) is 5.56 Å². The van der Waals surface area contributed by atoms with Gasteiger partial charge in [-0.15, -0.1) is 0 Å². The lowest BCUT2D eigenvalue weighted by Gasteiger charge is -1.92. The summed E-state index contributed by atoms with van der Waals surface area (Å²) in [5.41, 5.74) is 0.521. The van der Waals surface area contributed by atoms with E-state index < -0.39 is 0 Å². The van der Waals surface area contributed by atoms with Gasteiger partial charge >= 0.3 is 0 Å². The Morgan fingerprint density at radius 2 is 2.42 bits per heavy atom. The van der Waals surface area contributed by atoms with Crippen LogP contribution in [0.2, 0.25) is 0 Å². The first-order valence-electron chi connectivity index (χ1n) is 3.45. The molecule has 62 valence electrons. The number of nitrogens with zero attached hydrogens (tertiary/aromatic N) is 2. The van der Waals surface area contributed by atoms with Crippen LogP contribution in [0.4, 0.5) is 0 Å². The molecule has 2 rings (SSSR count). The van der Waals surface area contributed by atoms with Gasteiger partial charge in [-0.2, -0.15) is 4.98 Å². The summed E-state index contributed by atoms with van der Waals surface area (Å²) in [6.45, 7) is 1.76. The molecule has 0 saturated heterocycles. The van der Waals surface area contributed by atoms with Crippen molar-refractivity contribution in [2.75, 3.05) is 0 Å². The zero-order valence-electron chi connectivity index (χ0n) is 6.40. The van der Waals surface area contributed by atoms with Crippen LogP contribution in [0.5, 0.6) is 5.88 Å². The Hall–Kier alpha value is -1.78. The number of imidazole rings is 1. The molecule has 2 N–H and O–H groups in total. The number of aromatic amines is 1. The van der Waals surface area contributed by atoms with Crippen LogP contribution in [0.25, 0.3) is 5.78 Å². The van der Waals surface area contributed by atoms with Crippen molar-refractivity contribution in [2.45, 2.75) is 6.92 Å². The third-order valence-corrected chi connectivity index (χ3v) is 1.58. The van der Waals surface area contributed by atoms with Crippen molar-refractivity contribution < 1.29 is 5.11 Å². The lowest BCUT2D eigenvalue weighted by Crippen LogP contribution is -2.12. The monoisotopic (exact) mass is 165 g/mol. The summed E-state index contributed by atoms with van der Waals surface area (Å²) in [5.74, 6) is 0.200. The van der Waals surface area contributed by atoms with Crippen LogP contribution < -0.4 is 5.56 Å². The smallest absolute Gasteiger partial charge is 0.259 e. The number of aromatic hydroxyl groups is 1. The number of nitrogens with one attached hydrogen (secondary N) is 1. The molecule has 0 aromatic carbocycles. The van der Waals surface area contributed by atoms with Crippen molar-refractivity contribution in [1.29, 1.82) is 0 Å². The molecule has 0 saturated carbocycles. The molecular formula is C7H7N3O2. The van der Waals surface area contributed by atoms with E-state index in [1.54, 1.807) is 6.92 Å². The summed E-state index contributed by atoms with van der Waals surface area (Å²) in [6, 6.07) is 1.44. The number of aryl methyl sites for hydroxylation is 1. The molecule has 2 aromatic rings. The summed E-state index contributed by atoms with van der Waals surface area (Å²) in [6.07, 6.45) is 1.27. The molecule has 0 bridgehead atoms. The minimum Gasteiger partial charge on any atom is -0.492 e. The van der Waals surface area contributed by atoms with Crippen molar-refractivity contribution in [2.24, 2.45) is 0 Å². The highest BCUT2D eigenvalue weighted by Gasteiger charge is 2.02. The fourth-order valence-electron chi connectivity index (χ4n) is 1.09. The Labute approximate surface area is 67.3 Å². The van der Waals surface area contributed by atoms with Gasteiger partial charge in [-0.3, -0.25) is 4.79 Å². The molecule has 0 spiro atoms. The molecule has 0 aliphatic rings. The van der Waals surface area contributed by atoms with Crippen LogP contribution in [-0.4, -0.2) is 19.5 Å². The first kappa shape index (κ1) is 6.90. The number of H-pyrrole nitrogens is 1. The predicted octanol–water partition coefficient (Wildman–Crippen LogP) is 0.0366. The zero-order valence-corrected chi connectivity index (χ0v) is 6.40. The summed E-state index contributed by atoms with van der Waals surface area (Å²) in [4.78, 5) is 17.7. The number of fused-ring (bicyclic) bond motifs is 1. The molecule has 2 heterocycles. The molecule has 0 aliphatic heterocycles. The van der Waals surface area contributed by atoms with Gasteiger partial charge in [0.1, 0.15) is 0 Å². The molecule has 0 aliphatic carbocycles. The van der Waals surface area contributed by atoms with Crippen LogP contribution in [0.1, 0.15) is 5.69 Å². The number of hydrogen-bond acceptors (Lipinski definition) is 3. The fourth-order valence-corrected chi connectivity index (χ4v) is 1.09. The summed E-state index contributed by atoms with van der Waals surface area (Å²) in [7, 11) is 0.